The summed E-state index contributed by atoms with van der Waals surface area (Å²) in [6.45, 7) is 1.52. The summed E-state index contributed by atoms with van der Waals surface area (Å²) in [7, 11) is -3.33. The Morgan fingerprint density at radius 2 is 2.00 bits per heavy atom. The predicted molar refractivity (Wildman–Crippen MR) is 49.6 cm³/mol. The minimum absolute atomic E-state index is 0.280. The van der Waals surface area contributed by atoms with Gasteiger partial charge in [0.1, 0.15) is 5.82 Å². The minimum Gasteiger partial charge on any atom is -0.283 e. The first-order chi connectivity index (χ1) is 5.90. The zero-order chi connectivity index (χ0) is 10.1. The van der Waals surface area contributed by atoms with Gasteiger partial charge in [0, 0.05) is 5.56 Å². The van der Waals surface area contributed by atoms with E-state index in [4.69, 9.17) is 0 Å². The van der Waals surface area contributed by atoms with Crippen LogP contribution in [-0.2, 0) is 10.0 Å². The molecule has 0 fully saturated rings. The van der Waals surface area contributed by atoms with Crippen molar-refractivity contribution in [2.45, 2.75) is 6.92 Å². The molecular weight excluding hydrogens is 193 g/mol. The predicted octanol–water partition coefficient (Wildman–Crippen LogP) is 1.51. The lowest BCUT2D eigenvalue weighted by Crippen LogP contribution is -2.10. The molecule has 1 aromatic carbocycles. The zero-order valence-electron chi connectivity index (χ0n) is 7.33. The molecule has 0 aliphatic heterocycles. The van der Waals surface area contributed by atoms with E-state index in [-0.39, 0.29) is 5.69 Å². The maximum atomic E-state index is 12.9. The molecule has 0 unspecified atom stereocenters. The van der Waals surface area contributed by atoms with Gasteiger partial charge in [0.15, 0.2) is 0 Å². The molecule has 0 aliphatic carbocycles. The number of halogens is 1. The smallest absolute Gasteiger partial charge is 0.229 e. The second-order valence-electron chi connectivity index (χ2n) is 2.79. The second-order valence-corrected chi connectivity index (χ2v) is 4.54. The van der Waals surface area contributed by atoms with E-state index in [0.29, 0.717) is 5.56 Å². The number of benzene rings is 1. The molecule has 0 bridgehead atoms. The molecule has 0 heterocycles. The van der Waals surface area contributed by atoms with Gasteiger partial charge >= 0.3 is 0 Å². The fourth-order valence-corrected chi connectivity index (χ4v) is 1.54. The van der Waals surface area contributed by atoms with E-state index in [0.717, 1.165) is 6.26 Å². The molecule has 5 heteroatoms. The Bertz CT molecular complexity index is 414. The third-order valence-corrected chi connectivity index (χ3v) is 2.15. The van der Waals surface area contributed by atoms with Crippen molar-refractivity contribution < 1.29 is 12.8 Å². The topological polar surface area (TPSA) is 46.2 Å². The van der Waals surface area contributed by atoms with Gasteiger partial charge in [0.2, 0.25) is 10.0 Å². The number of nitrogens with one attached hydrogen (secondary N) is 1. The third kappa shape index (κ3) is 2.69. The van der Waals surface area contributed by atoms with Crippen LogP contribution in [0.1, 0.15) is 5.56 Å². The van der Waals surface area contributed by atoms with Crippen molar-refractivity contribution in [2.75, 3.05) is 11.0 Å². The summed E-state index contributed by atoms with van der Waals surface area (Å²) in [4.78, 5) is 0. The van der Waals surface area contributed by atoms with Crippen LogP contribution < -0.4 is 4.72 Å². The maximum absolute atomic E-state index is 12.9. The van der Waals surface area contributed by atoms with Crippen molar-refractivity contribution in [3.05, 3.63) is 29.6 Å². The molecule has 72 valence electrons. The van der Waals surface area contributed by atoms with E-state index < -0.39 is 15.8 Å². The van der Waals surface area contributed by atoms with Gasteiger partial charge in [-0.3, -0.25) is 4.72 Å². The zero-order valence-corrected chi connectivity index (χ0v) is 8.15. The fraction of sp³-hybridized carbons (Fsp3) is 0.250. The molecule has 0 saturated heterocycles. The molecule has 1 rings (SSSR count). The summed E-state index contributed by atoms with van der Waals surface area (Å²) < 4.78 is 36.8. The summed E-state index contributed by atoms with van der Waals surface area (Å²) in [5.41, 5.74) is 0.579. The summed E-state index contributed by atoms with van der Waals surface area (Å²) in [5.74, 6) is -0.423. The molecule has 1 aromatic rings. The molecule has 13 heavy (non-hydrogen) atoms. The molecule has 0 saturated carbocycles. The molecule has 1 N–H and O–H groups in total. The standard InChI is InChI=1S/C8H10FNO2S/c1-6-7(9)4-3-5-8(6)10-13(2,11)12/h3-5,10H,1-2H3. The van der Waals surface area contributed by atoms with E-state index in [1.807, 2.05) is 0 Å². The highest BCUT2D eigenvalue weighted by Gasteiger charge is 2.06. The van der Waals surface area contributed by atoms with Crippen molar-refractivity contribution >= 4 is 15.7 Å². The Labute approximate surface area is 76.6 Å². The normalized spacial score (nSPS) is 11.3. The lowest BCUT2D eigenvalue weighted by molar-refractivity contribution is 0.606. The lowest BCUT2D eigenvalue weighted by atomic mass is 10.2. The van der Waals surface area contributed by atoms with Gasteiger partial charge < -0.3 is 0 Å². The maximum Gasteiger partial charge on any atom is 0.229 e. The number of anilines is 1. The first-order valence-corrected chi connectivity index (χ1v) is 5.52. The van der Waals surface area contributed by atoms with Crippen molar-refractivity contribution in [1.82, 2.24) is 0 Å². The number of rotatable bonds is 2. The number of sulfonamides is 1. The van der Waals surface area contributed by atoms with E-state index in [1.54, 1.807) is 0 Å². The van der Waals surface area contributed by atoms with Gasteiger partial charge in [-0.2, -0.15) is 0 Å². The highest BCUT2D eigenvalue weighted by Crippen LogP contribution is 2.17. The van der Waals surface area contributed by atoms with Crippen molar-refractivity contribution in [3.8, 4) is 0 Å². The van der Waals surface area contributed by atoms with Crippen molar-refractivity contribution in [1.29, 1.82) is 0 Å². The highest BCUT2D eigenvalue weighted by atomic mass is 32.2. The van der Waals surface area contributed by atoms with Crippen LogP contribution in [0.2, 0.25) is 0 Å². The summed E-state index contributed by atoms with van der Waals surface area (Å²) in [5, 5.41) is 0. The van der Waals surface area contributed by atoms with Crippen LogP contribution in [0, 0.1) is 12.7 Å². The third-order valence-electron chi connectivity index (χ3n) is 1.56. The Hall–Kier alpha value is -1.10. The molecule has 0 amide bonds. The first kappa shape index (κ1) is 9.98. The summed E-state index contributed by atoms with van der Waals surface area (Å²) in [6, 6.07) is 4.25. The second kappa shape index (κ2) is 3.33. The molecule has 0 aromatic heterocycles. The van der Waals surface area contributed by atoms with E-state index in [9.17, 15) is 12.8 Å². The molecule has 0 radical (unpaired) electrons. The average molecular weight is 203 g/mol. The first-order valence-electron chi connectivity index (χ1n) is 3.63. The SMILES string of the molecule is Cc1c(F)cccc1NS(C)(=O)=O. The van der Waals surface area contributed by atoms with Crippen LogP contribution >= 0.6 is 0 Å². The Morgan fingerprint density at radius 3 is 2.54 bits per heavy atom. The monoisotopic (exact) mass is 203 g/mol. The largest absolute Gasteiger partial charge is 0.283 e. The van der Waals surface area contributed by atoms with Crippen LogP contribution in [0.15, 0.2) is 18.2 Å². The van der Waals surface area contributed by atoms with Gasteiger partial charge in [-0.25, -0.2) is 12.8 Å². The Morgan fingerprint density at radius 1 is 1.38 bits per heavy atom. The van der Waals surface area contributed by atoms with E-state index in [2.05, 4.69) is 4.72 Å². The van der Waals surface area contributed by atoms with E-state index >= 15 is 0 Å². The van der Waals surface area contributed by atoms with Crippen LogP contribution in [0.5, 0.6) is 0 Å². The molecular formula is C8H10FNO2S. The van der Waals surface area contributed by atoms with Crippen LogP contribution in [0.3, 0.4) is 0 Å². The fourth-order valence-electron chi connectivity index (χ4n) is 0.918. The van der Waals surface area contributed by atoms with Crippen LogP contribution in [0.25, 0.3) is 0 Å². The van der Waals surface area contributed by atoms with Crippen LogP contribution in [0.4, 0.5) is 10.1 Å². The molecule has 0 atom stereocenters. The van der Waals surface area contributed by atoms with Gasteiger partial charge in [-0.05, 0) is 19.1 Å². The Balaban J connectivity index is 3.10. The average Bonchev–Trinajstić information content (AvgIpc) is 1.96. The molecule has 0 spiro atoms. The van der Waals surface area contributed by atoms with Gasteiger partial charge in [0.25, 0.3) is 0 Å². The highest BCUT2D eigenvalue weighted by molar-refractivity contribution is 7.92. The van der Waals surface area contributed by atoms with Crippen LogP contribution in [-0.4, -0.2) is 14.7 Å². The van der Waals surface area contributed by atoms with Gasteiger partial charge in [-0.15, -0.1) is 0 Å². The quantitative estimate of drug-likeness (QED) is 0.791. The van der Waals surface area contributed by atoms with Gasteiger partial charge in [0.05, 0.1) is 11.9 Å². The summed E-state index contributed by atoms with van der Waals surface area (Å²) >= 11 is 0. The Kier molecular flexibility index (Phi) is 2.56. The molecule has 0 aliphatic rings. The number of hydrogen-bond donors (Lipinski definition) is 1. The van der Waals surface area contributed by atoms with Crippen molar-refractivity contribution in [3.63, 3.8) is 0 Å². The summed E-state index contributed by atoms with van der Waals surface area (Å²) in [6.07, 6.45) is 1.03. The van der Waals surface area contributed by atoms with Gasteiger partial charge in [-0.1, -0.05) is 6.07 Å². The van der Waals surface area contributed by atoms with Crippen molar-refractivity contribution in [2.24, 2.45) is 0 Å². The number of hydrogen-bond acceptors (Lipinski definition) is 2. The molecule has 3 nitrogen and oxygen atoms in total. The van der Waals surface area contributed by atoms with E-state index in [1.165, 1.54) is 25.1 Å². The minimum atomic E-state index is -3.33. The lowest BCUT2D eigenvalue weighted by Gasteiger charge is -2.07.